The van der Waals surface area contributed by atoms with Crippen molar-refractivity contribution in [1.29, 1.82) is 0 Å². The topological polar surface area (TPSA) is 16.4 Å². The average Bonchev–Trinajstić information content (AvgIpc) is 3.69. The Hall–Kier alpha value is -7.94. The lowest BCUT2D eigenvalue weighted by atomic mass is 9.92. The predicted octanol–water partition coefficient (Wildman–Crippen LogP) is 16.7. The van der Waals surface area contributed by atoms with Gasteiger partial charge in [-0.25, -0.2) is 0 Å². The molecule has 0 N–H and O–H groups in total. The molecule has 0 spiro atoms. The van der Waals surface area contributed by atoms with Gasteiger partial charge in [0.05, 0.1) is 0 Å². The minimum absolute atomic E-state index is 0.861. The molecule has 0 aliphatic carbocycles. The van der Waals surface area contributed by atoms with E-state index >= 15 is 0 Å². The van der Waals surface area contributed by atoms with Crippen LogP contribution in [0.15, 0.2) is 229 Å². The highest BCUT2D eigenvalue weighted by Gasteiger charge is 2.17. The Morgan fingerprint density at radius 3 is 1.32 bits per heavy atom. The molecule has 0 bridgehead atoms. The van der Waals surface area contributed by atoms with Crippen LogP contribution in [0, 0.1) is 0 Å². The summed E-state index contributed by atoms with van der Waals surface area (Å²) in [4.78, 5) is 2.32. The maximum atomic E-state index is 6.61. The summed E-state index contributed by atoms with van der Waals surface area (Å²) < 4.78 is 6.61. The molecule has 1 aromatic heterocycles. The zero-order chi connectivity index (χ0) is 39.6. The fourth-order valence-electron chi connectivity index (χ4n) is 9.23. The lowest BCUT2D eigenvalue weighted by molar-refractivity contribution is 0.669. The van der Waals surface area contributed by atoms with Crippen LogP contribution in [-0.4, -0.2) is 0 Å². The van der Waals surface area contributed by atoms with Crippen LogP contribution in [0.3, 0.4) is 0 Å². The van der Waals surface area contributed by atoms with Crippen LogP contribution in [0.4, 0.5) is 17.1 Å². The smallest absolute Gasteiger partial charge is 0.137 e. The number of fused-ring (bicyclic) bond motifs is 10. The molecule has 0 amide bonds. The van der Waals surface area contributed by atoms with Gasteiger partial charge >= 0.3 is 0 Å². The van der Waals surface area contributed by atoms with Crippen LogP contribution in [-0.2, 0) is 0 Å². The largest absolute Gasteiger partial charge is 0.456 e. The highest BCUT2D eigenvalue weighted by molar-refractivity contribution is 6.27. The van der Waals surface area contributed by atoms with Gasteiger partial charge in [-0.15, -0.1) is 0 Å². The molecule has 0 aliphatic rings. The molecule has 280 valence electrons. The summed E-state index contributed by atoms with van der Waals surface area (Å²) in [6.45, 7) is 0. The fraction of sp³-hybridized carbons (Fsp3) is 0. The monoisotopic (exact) mass is 763 g/mol. The van der Waals surface area contributed by atoms with Crippen LogP contribution >= 0.6 is 0 Å². The maximum absolute atomic E-state index is 6.61. The third kappa shape index (κ3) is 5.73. The number of benzene rings is 11. The number of hydrogen-bond donors (Lipinski definition) is 0. The van der Waals surface area contributed by atoms with E-state index in [1.165, 1.54) is 70.9 Å². The second-order valence-corrected chi connectivity index (χ2v) is 15.7. The minimum atomic E-state index is 0.861. The summed E-state index contributed by atoms with van der Waals surface area (Å²) in [7, 11) is 0. The first-order valence-corrected chi connectivity index (χ1v) is 20.6. The Morgan fingerprint density at radius 1 is 0.250 bits per heavy atom. The molecular weight excluding hydrogens is 727 g/mol. The Bertz CT molecular complexity index is 3560. The second kappa shape index (κ2) is 13.9. The molecular formula is C58H37NO. The molecule has 0 saturated heterocycles. The van der Waals surface area contributed by atoms with Crippen LogP contribution in [0.2, 0.25) is 0 Å². The average molecular weight is 764 g/mol. The minimum Gasteiger partial charge on any atom is -0.456 e. The number of rotatable bonds is 6. The van der Waals surface area contributed by atoms with E-state index < -0.39 is 0 Å². The lowest BCUT2D eigenvalue weighted by Gasteiger charge is -2.26. The standard InChI is InChI=1S/C58H37NO/c1-3-9-38(10-4-1)40-21-27-48(28-22-40)59(50-31-34-54-53-33-26-46(39-11-5-2-6-12-39)36-55(53)60-56(54)37-50)49-29-23-41(24-30-49)45-25-32-52-47(35-45)20-19-44-18-17-43-16-15-42-13-7-8-14-51(42)57(43)58(44)52/h1-37H. The number of nitrogens with zero attached hydrogens (tertiary/aromatic N) is 1. The van der Waals surface area contributed by atoms with Crippen molar-refractivity contribution in [1.82, 2.24) is 0 Å². The molecule has 12 aromatic rings. The third-order valence-electron chi connectivity index (χ3n) is 12.2. The Balaban J connectivity index is 0.947. The molecule has 0 fully saturated rings. The summed E-state index contributed by atoms with van der Waals surface area (Å²) in [6.07, 6.45) is 0. The van der Waals surface area contributed by atoms with Crippen molar-refractivity contribution < 1.29 is 4.42 Å². The van der Waals surface area contributed by atoms with Gasteiger partial charge in [-0.3, -0.25) is 0 Å². The molecule has 0 aliphatic heterocycles. The van der Waals surface area contributed by atoms with Gasteiger partial charge in [0, 0.05) is 33.9 Å². The van der Waals surface area contributed by atoms with Crippen molar-refractivity contribution >= 4 is 82.1 Å². The van der Waals surface area contributed by atoms with E-state index in [1.54, 1.807) is 0 Å². The van der Waals surface area contributed by atoms with Gasteiger partial charge in [0.25, 0.3) is 0 Å². The quantitative estimate of drug-likeness (QED) is 0.157. The normalized spacial score (nSPS) is 11.7. The zero-order valence-corrected chi connectivity index (χ0v) is 32.7. The molecule has 0 atom stereocenters. The van der Waals surface area contributed by atoms with E-state index in [-0.39, 0.29) is 0 Å². The SMILES string of the molecule is c1ccc(-c2ccc(N(c3ccc(-c4ccc5c(ccc6ccc7ccc8ccccc8c7c65)c4)cc3)c3ccc4c(c3)oc3cc(-c5ccccc5)ccc34)cc2)cc1. The van der Waals surface area contributed by atoms with Gasteiger partial charge in [-0.2, -0.15) is 0 Å². The Morgan fingerprint density at radius 2 is 0.667 bits per heavy atom. The van der Waals surface area contributed by atoms with Crippen LogP contribution < -0.4 is 4.90 Å². The van der Waals surface area contributed by atoms with Crippen molar-refractivity contribution in [3.63, 3.8) is 0 Å². The van der Waals surface area contributed by atoms with Gasteiger partial charge < -0.3 is 9.32 Å². The molecule has 1 heterocycles. The summed E-state index contributed by atoms with van der Waals surface area (Å²) >= 11 is 0. The van der Waals surface area contributed by atoms with Gasteiger partial charge in [0.1, 0.15) is 11.2 Å². The summed E-state index contributed by atoms with van der Waals surface area (Å²) in [5.74, 6) is 0. The lowest BCUT2D eigenvalue weighted by Crippen LogP contribution is -2.09. The molecule has 2 nitrogen and oxygen atoms in total. The highest BCUT2D eigenvalue weighted by atomic mass is 16.3. The van der Waals surface area contributed by atoms with Crippen LogP contribution in [0.1, 0.15) is 0 Å². The van der Waals surface area contributed by atoms with Gasteiger partial charge in [0.2, 0.25) is 0 Å². The Labute approximate surface area is 347 Å². The Kier molecular flexibility index (Phi) is 7.89. The highest BCUT2D eigenvalue weighted by Crippen LogP contribution is 2.42. The van der Waals surface area contributed by atoms with E-state index in [4.69, 9.17) is 4.42 Å². The number of anilines is 3. The van der Waals surface area contributed by atoms with Crippen LogP contribution in [0.25, 0.3) is 98.4 Å². The van der Waals surface area contributed by atoms with Gasteiger partial charge in [-0.1, -0.05) is 164 Å². The van der Waals surface area contributed by atoms with Crippen molar-refractivity contribution in [2.45, 2.75) is 0 Å². The first-order chi connectivity index (χ1) is 29.7. The molecule has 2 heteroatoms. The second-order valence-electron chi connectivity index (χ2n) is 15.7. The zero-order valence-electron chi connectivity index (χ0n) is 32.7. The van der Waals surface area contributed by atoms with E-state index in [2.05, 4.69) is 223 Å². The van der Waals surface area contributed by atoms with Crippen molar-refractivity contribution in [2.75, 3.05) is 4.90 Å². The molecule has 0 radical (unpaired) electrons. The first kappa shape index (κ1) is 34.1. The van der Waals surface area contributed by atoms with Gasteiger partial charge in [0.15, 0.2) is 0 Å². The number of hydrogen-bond acceptors (Lipinski definition) is 2. The van der Waals surface area contributed by atoms with E-state index in [0.717, 1.165) is 44.6 Å². The molecule has 0 saturated carbocycles. The van der Waals surface area contributed by atoms with E-state index in [0.29, 0.717) is 0 Å². The molecule has 12 rings (SSSR count). The van der Waals surface area contributed by atoms with E-state index in [9.17, 15) is 0 Å². The first-order valence-electron chi connectivity index (χ1n) is 20.6. The van der Waals surface area contributed by atoms with Crippen LogP contribution in [0.5, 0.6) is 0 Å². The summed E-state index contributed by atoms with van der Waals surface area (Å²) in [5, 5.41) is 12.5. The maximum Gasteiger partial charge on any atom is 0.137 e. The van der Waals surface area contributed by atoms with Crippen molar-refractivity contribution in [3.05, 3.63) is 224 Å². The third-order valence-corrected chi connectivity index (χ3v) is 12.2. The van der Waals surface area contributed by atoms with Crippen molar-refractivity contribution in [2.24, 2.45) is 0 Å². The summed E-state index contributed by atoms with van der Waals surface area (Å²) in [6, 6.07) is 81.1. The molecule has 11 aromatic carbocycles. The van der Waals surface area contributed by atoms with Crippen molar-refractivity contribution in [3.8, 4) is 33.4 Å². The fourth-order valence-corrected chi connectivity index (χ4v) is 9.23. The van der Waals surface area contributed by atoms with E-state index in [1.807, 2.05) is 6.07 Å². The van der Waals surface area contributed by atoms with Gasteiger partial charge in [-0.05, 0) is 131 Å². The number of furan rings is 1. The summed E-state index contributed by atoms with van der Waals surface area (Å²) in [5.41, 5.74) is 12.0. The predicted molar refractivity (Wildman–Crippen MR) is 255 cm³/mol. The molecule has 60 heavy (non-hydrogen) atoms. The molecule has 0 unspecified atom stereocenters.